The smallest absolute Gasteiger partial charge is 0.316 e. The number of carbonyl (C=O) groups excluding carboxylic acids is 3. The van der Waals surface area contributed by atoms with Crippen molar-refractivity contribution in [2.75, 3.05) is 24.5 Å². The van der Waals surface area contributed by atoms with E-state index in [0.717, 1.165) is 4.90 Å². The number of nitrogens with one attached hydrogen (secondary N) is 2. The maximum Gasteiger partial charge on any atom is 0.316 e. The fraction of sp³-hybridized carbons (Fsp3) is 0.278. The lowest BCUT2D eigenvalue weighted by atomic mass is 10.1. The van der Waals surface area contributed by atoms with Crippen LogP contribution in [0.3, 0.4) is 0 Å². The first kappa shape index (κ1) is 20.4. The van der Waals surface area contributed by atoms with Crippen LogP contribution in [-0.4, -0.2) is 65.2 Å². The zero-order valence-corrected chi connectivity index (χ0v) is 14.8. The third-order valence-corrected chi connectivity index (χ3v) is 4.05. The number of nitrogens with zero attached hydrogens (tertiary/aromatic N) is 2. The first-order chi connectivity index (χ1) is 13.2. The Labute approximate surface area is 160 Å². The van der Waals surface area contributed by atoms with Crippen LogP contribution in [0.4, 0.5) is 5.69 Å². The second-order valence-electron chi connectivity index (χ2n) is 6.03. The van der Waals surface area contributed by atoms with Gasteiger partial charge >= 0.3 is 17.8 Å². The molecule has 3 amide bonds. The molecule has 28 heavy (non-hydrogen) atoms. The first-order valence-corrected chi connectivity index (χ1v) is 8.25. The lowest BCUT2D eigenvalue weighted by Gasteiger charge is -2.33. The number of rotatable bonds is 7. The van der Waals surface area contributed by atoms with Crippen LogP contribution < -0.4 is 16.0 Å². The molecule has 0 radical (unpaired) electrons. The number of hydrogen-bond donors (Lipinski definition) is 4. The molecule has 2 rings (SSSR count). The zero-order chi connectivity index (χ0) is 20.8. The van der Waals surface area contributed by atoms with Crippen LogP contribution in [0, 0.1) is 17.8 Å². The lowest BCUT2D eigenvalue weighted by Crippen LogP contribution is -2.57. The lowest BCUT2D eigenvalue weighted by molar-refractivity contribution is -0.147. The minimum absolute atomic E-state index is 0.113. The molecule has 146 valence electrons. The molecule has 1 aliphatic rings. The second-order valence-corrected chi connectivity index (χ2v) is 6.03. The van der Waals surface area contributed by atoms with Gasteiger partial charge in [0.2, 0.25) is 5.91 Å². The van der Waals surface area contributed by atoms with Crippen LogP contribution in [0.5, 0.6) is 0 Å². The summed E-state index contributed by atoms with van der Waals surface area (Å²) in [6, 6.07) is 5.29. The summed E-state index contributed by atoms with van der Waals surface area (Å²) < 4.78 is 0. The van der Waals surface area contributed by atoms with Gasteiger partial charge in [0.15, 0.2) is 0 Å². The SMILES string of the molecule is C#C[C@H](CC(=O)O)NC(=O)CN1CCN(c2ccc(C(=N)N)cc2)C(=O)C1=O. The van der Waals surface area contributed by atoms with Gasteiger partial charge in [-0.15, -0.1) is 6.42 Å². The van der Waals surface area contributed by atoms with Crippen LogP contribution >= 0.6 is 0 Å². The van der Waals surface area contributed by atoms with Crippen LogP contribution in [0.1, 0.15) is 12.0 Å². The van der Waals surface area contributed by atoms with E-state index in [-0.39, 0.29) is 18.9 Å². The summed E-state index contributed by atoms with van der Waals surface area (Å²) in [5.41, 5.74) is 6.35. The highest BCUT2D eigenvalue weighted by atomic mass is 16.4. The number of carboxylic acid groups (broad SMARTS) is 1. The monoisotopic (exact) mass is 385 g/mol. The molecule has 0 aromatic heterocycles. The van der Waals surface area contributed by atoms with Crippen molar-refractivity contribution in [1.82, 2.24) is 10.2 Å². The molecular weight excluding hydrogens is 366 g/mol. The number of piperazine rings is 1. The van der Waals surface area contributed by atoms with Crippen molar-refractivity contribution in [3.05, 3.63) is 29.8 Å². The third kappa shape index (κ3) is 4.85. The number of carboxylic acids is 1. The number of hydrogen-bond acceptors (Lipinski definition) is 5. The van der Waals surface area contributed by atoms with Crippen LogP contribution in [0.2, 0.25) is 0 Å². The summed E-state index contributed by atoms with van der Waals surface area (Å²) in [7, 11) is 0. The molecule has 1 saturated heterocycles. The van der Waals surface area contributed by atoms with E-state index < -0.39 is 42.7 Å². The van der Waals surface area contributed by atoms with Gasteiger partial charge in [0.05, 0.1) is 6.42 Å². The average molecular weight is 385 g/mol. The van der Waals surface area contributed by atoms with Gasteiger partial charge in [-0.05, 0) is 24.3 Å². The fourth-order valence-corrected chi connectivity index (χ4v) is 2.63. The van der Waals surface area contributed by atoms with Crippen molar-refractivity contribution in [3.8, 4) is 12.3 Å². The summed E-state index contributed by atoms with van der Waals surface area (Å²) >= 11 is 0. The average Bonchev–Trinajstić information content (AvgIpc) is 2.64. The van der Waals surface area contributed by atoms with Crippen molar-refractivity contribution in [3.63, 3.8) is 0 Å². The molecule has 10 heteroatoms. The number of aliphatic carboxylic acids is 1. The minimum atomic E-state index is -1.17. The zero-order valence-electron chi connectivity index (χ0n) is 14.8. The molecule has 1 heterocycles. The van der Waals surface area contributed by atoms with Crippen LogP contribution in [-0.2, 0) is 19.2 Å². The Balaban J connectivity index is 1.99. The molecular formula is C18H19N5O5. The molecule has 0 saturated carbocycles. The van der Waals surface area contributed by atoms with E-state index in [1.807, 2.05) is 0 Å². The molecule has 10 nitrogen and oxygen atoms in total. The maximum atomic E-state index is 12.4. The predicted octanol–water partition coefficient (Wildman–Crippen LogP) is -1.26. The van der Waals surface area contributed by atoms with Crippen LogP contribution in [0.15, 0.2) is 24.3 Å². The van der Waals surface area contributed by atoms with E-state index in [1.54, 1.807) is 24.3 Å². The molecule has 0 unspecified atom stereocenters. The van der Waals surface area contributed by atoms with Gasteiger partial charge in [0.25, 0.3) is 0 Å². The number of nitrogen functional groups attached to an aromatic ring is 1. The molecule has 0 aliphatic carbocycles. The van der Waals surface area contributed by atoms with Crippen LogP contribution in [0.25, 0.3) is 0 Å². The third-order valence-electron chi connectivity index (χ3n) is 4.05. The topological polar surface area (TPSA) is 157 Å². The predicted molar refractivity (Wildman–Crippen MR) is 99.4 cm³/mol. The second kappa shape index (κ2) is 8.68. The van der Waals surface area contributed by atoms with E-state index in [1.165, 1.54) is 4.90 Å². The van der Waals surface area contributed by atoms with Gasteiger partial charge in [0.1, 0.15) is 18.4 Å². The number of amides is 3. The fourth-order valence-electron chi connectivity index (χ4n) is 2.63. The largest absolute Gasteiger partial charge is 0.481 e. The number of amidine groups is 1. The van der Waals surface area contributed by atoms with Crippen molar-refractivity contribution in [2.24, 2.45) is 5.73 Å². The van der Waals surface area contributed by atoms with Gasteiger partial charge in [-0.3, -0.25) is 24.6 Å². The quantitative estimate of drug-likeness (QED) is 0.199. The summed E-state index contributed by atoms with van der Waals surface area (Å²) in [5.74, 6) is -1.43. The van der Waals surface area contributed by atoms with E-state index in [4.69, 9.17) is 22.7 Å². The van der Waals surface area contributed by atoms with Gasteiger partial charge < -0.3 is 26.0 Å². The molecule has 1 aromatic rings. The Bertz CT molecular complexity index is 858. The van der Waals surface area contributed by atoms with Crippen molar-refractivity contribution < 1.29 is 24.3 Å². The minimum Gasteiger partial charge on any atom is -0.481 e. The molecule has 1 fully saturated rings. The molecule has 0 spiro atoms. The summed E-state index contributed by atoms with van der Waals surface area (Å²) in [6.45, 7) is -0.115. The highest BCUT2D eigenvalue weighted by Crippen LogP contribution is 2.18. The van der Waals surface area contributed by atoms with E-state index >= 15 is 0 Å². The highest BCUT2D eigenvalue weighted by molar-refractivity contribution is 6.41. The van der Waals surface area contributed by atoms with E-state index in [0.29, 0.717) is 11.3 Å². The van der Waals surface area contributed by atoms with Gasteiger partial charge in [-0.1, -0.05) is 5.92 Å². The number of benzene rings is 1. The van der Waals surface area contributed by atoms with Crippen molar-refractivity contribution in [1.29, 1.82) is 5.41 Å². The van der Waals surface area contributed by atoms with Crippen molar-refractivity contribution in [2.45, 2.75) is 12.5 Å². The molecule has 0 bridgehead atoms. The summed E-state index contributed by atoms with van der Waals surface area (Å²) in [4.78, 5) is 49.8. The Hall–Kier alpha value is -3.87. The Morgan fingerprint density at radius 1 is 1.25 bits per heavy atom. The Morgan fingerprint density at radius 2 is 1.89 bits per heavy atom. The molecule has 1 atom stereocenters. The molecule has 1 aromatic carbocycles. The number of carbonyl (C=O) groups is 4. The van der Waals surface area contributed by atoms with Gasteiger partial charge in [-0.2, -0.15) is 0 Å². The number of terminal acetylenes is 1. The number of anilines is 1. The van der Waals surface area contributed by atoms with Gasteiger partial charge in [-0.25, -0.2) is 0 Å². The molecule has 1 aliphatic heterocycles. The standard InChI is InChI=1S/C18H19N5O5/c1-2-12(9-15(25)26)21-14(24)10-22-7-8-23(18(28)17(22)27)13-5-3-11(4-6-13)16(19)20/h1,3-6,12H,7-10H2,(H3,19,20)(H,21,24)(H,25,26)/t12-/m1/s1. The normalized spacial score (nSPS) is 15.0. The summed E-state index contributed by atoms with van der Waals surface area (Å²) in [6.07, 6.45) is 4.73. The Kier molecular flexibility index (Phi) is 6.34. The Morgan fingerprint density at radius 3 is 2.43 bits per heavy atom. The van der Waals surface area contributed by atoms with E-state index in [9.17, 15) is 19.2 Å². The summed E-state index contributed by atoms with van der Waals surface area (Å²) in [5, 5.41) is 18.4. The van der Waals surface area contributed by atoms with E-state index in [2.05, 4.69) is 11.2 Å². The highest BCUT2D eigenvalue weighted by Gasteiger charge is 2.34. The maximum absolute atomic E-state index is 12.4. The number of nitrogens with two attached hydrogens (primary N) is 1. The van der Waals surface area contributed by atoms with Crippen molar-refractivity contribution >= 4 is 35.2 Å². The molecule has 5 N–H and O–H groups in total. The first-order valence-electron chi connectivity index (χ1n) is 8.25. The van der Waals surface area contributed by atoms with Gasteiger partial charge in [0, 0.05) is 24.3 Å².